The van der Waals surface area contributed by atoms with Crippen LogP contribution in [0.15, 0.2) is 24.3 Å². The minimum Gasteiger partial charge on any atom is -0.475 e. The van der Waals surface area contributed by atoms with Gasteiger partial charge in [0.05, 0.1) is 4.92 Å². The van der Waals surface area contributed by atoms with E-state index in [4.69, 9.17) is 15.6 Å². The van der Waals surface area contributed by atoms with Crippen LogP contribution in [0.5, 0.6) is 0 Å². The van der Waals surface area contributed by atoms with E-state index in [1.807, 2.05) is 0 Å². The van der Waals surface area contributed by atoms with E-state index in [2.05, 4.69) is 16.0 Å². The Balaban J connectivity index is 0.00000118. The van der Waals surface area contributed by atoms with E-state index in [-0.39, 0.29) is 11.6 Å². The summed E-state index contributed by atoms with van der Waals surface area (Å²) in [6.45, 7) is 5.13. The molecular formula is C19H30F3N5O5. The number of carbonyl (C=O) groups is 2. The molecule has 0 aliphatic heterocycles. The predicted molar refractivity (Wildman–Crippen MR) is 112 cm³/mol. The molecule has 0 atom stereocenters. The van der Waals surface area contributed by atoms with Crippen molar-refractivity contribution in [1.82, 2.24) is 16.0 Å². The van der Waals surface area contributed by atoms with E-state index in [1.54, 1.807) is 0 Å². The Kier molecular flexibility index (Phi) is 15.4. The summed E-state index contributed by atoms with van der Waals surface area (Å²) >= 11 is 0. The number of aliphatic carboxylic acids is 1. The Bertz CT molecular complexity index is 687. The highest BCUT2D eigenvalue weighted by Gasteiger charge is 2.38. The fraction of sp³-hybridized carbons (Fsp3) is 0.579. The molecule has 0 radical (unpaired) electrons. The number of non-ortho nitro benzene ring substituents is 1. The number of rotatable bonds is 14. The number of hydrogen-bond acceptors (Lipinski definition) is 7. The molecule has 1 aromatic carbocycles. The molecule has 6 N–H and O–H groups in total. The molecule has 10 nitrogen and oxygen atoms in total. The van der Waals surface area contributed by atoms with Crippen LogP contribution >= 0.6 is 0 Å². The zero-order chi connectivity index (χ0) is 24.4. The average Bonchev–Trinajstić information content (AvgIpc) is 2.74. The molecular weight excluding hydrogens is 435 g/mol. The largest absolute Gasteiger partial charge is 0.490 e. The fourth-order valence-electron chi connectivity index (χ4n) is 2.23. The van der Waals surface area contributed by atoms with E-state index in [0.29, 0.717) is 12.1 Å². The molecule has 0 aromatic heterocycles. The lowest BCUT2D eigenvalue weighted by atomic mass is 10.2. The number of nitrogens with one attached hydrogen (secondary N) is 3. The zero-order valence-corrected chi connectivity index (χ0v) is 17.6. The maximum absolute atomic E-state index is 11.9. The molecule has 0 spiro atoms. The van der Waals surface area contributed by atoms with Gasteiger partial charge in [-0.25, -0.2) is 4.79 Å². The molecule has 0 aliphatic rings. The molecule has 13 heteroatoms. The molecule has 0 unspecified atom stereocenters. The van der Waals surface area contributed by atoms with Crippen molar-refractivity contribution >= 4 is 17.6 Å². The van der Waals surface area contributed by atoms with E-state index in [9.17, 15) is 28.1 Å². The third-order valence-electron chi connectivity index (χ3n) is 3.91. The highest BCUT2D eigenvalue weighted by molar-refractivity contribution is 5.94. The van der Waals surface area contributed by atoms with Crippen molar-refractivity contribution in [1.29, 1.82) is 0 Å². The van der Waals surface area contributed by atoms with Crippen molar-refractivity contribution in [2.75, 3.05) is 39.3 Å². The molecule has 0 heterocycles. The van der Waals surface area contributed by atoms with Crippen LogP contribution < -0.4 is 21.7 Å². The number of nitro benzene ring substituents is 1. The summed E-state index contributed by atoms with van der Waals surface area (Å²) in [7, 11) is 0. The van der Waals surface area contributed by atoms with Crippen LogP contribution in [0.4, 0.5) is 18.9 Å². The monoisotopic (exact) mass is 465 g/mol. The third kappa shape index (κ3) is 15.1. The summed E-state index contributed by atoms with van der Waals surface area (Å²) in [5.74, 6) is -2.97. The lowest BCUT2D eigenvalue weighted by Crippen LogP contribution is -2.27. The maximum Gasteiger partial charge on any atom is 0.490 e. The normalized spacial score (nSPS) is 10.8. The summed E-state index contributed by atoms with van der Waals surface area (Å²) in [4.78, 5) is 30.9. The van der Waals surface area contributed by atoms with Crippen molar-refractivity contribution in [3.8, 4) is 0 Å². The number of hydrogen-bond donors (Lipinski definition) is 5. The number of carboxylic acids is 1. The molecule has 1 aromatic rings. The van der Waals surface area contributed by atoms with Crippen LogP contribution in [0, 0.1) is 10.1 Å². The Labute approximate surface area is 183 Å². The molecule has 0 saturated carbocycles. The molecule has 0 aliphatic carbocycles. The number of alkyl halides is 3. The Morgan fingerprint density at radius 1 is 0.938 bits per heavy atom. The molecule has 1 amide bonds. The van der Waals surface area contributed by atoms with Crippen LogP contribution in [0.2, 0.25) is 0 Å². The number of amides is 1. The van der Waals surface area contributed by atoms with E-state index in [0.717, 1.165) is 58.4 Å². The standard InChI is InChI=1S/C17H29N5O3.C2HF3O2/c18-9-3-12-19-10-1-2-11-20-13-4-14-21-17(23)15-5-7-16(8-6-15)22(24)25;3-2(4,5)1(6)7/h5-8,19-20H,1-4,9-14,18H2,(H,21,23);(H,6,7). The van der Waals surface area contributed by atoms with Crippen LogP contribution in [0.25, 0.3) is 0 Å². The van der Waals surface area contributed by atoms with Gasteiger partial charge in [-0.3, -0.25) is 14.9 Å². The highest BCUT2D eigenvalue weighted by Crippen LogP contribution is 2.13. The number of nitrogens with two attached hydrogens (primary N) is 1. The van der Waals surface area contributed by atoms with Gasteiger partial charge in [0.15, 0.2) is 0 Å². The SMILES string of the molecule is NCCCNCCCCNCCCNC(=O)c1ccc([N+](=O)[O-])cc1.O=C(O)C(F)(F)F. The quantitative estimate of drug-likeness (QED) is 0.158. The second kappa shape index (κ2) is 16.9. The van der Waals surface area contributed by atoms with Crippen LogP contribution in [-0.4, -0.2) is 67.4 Å². The minimum atomic E-state index is -5.08. The second-order valence-corrected chi connectivity index (χ2v) is 6.57. The Morgan fingerprint density at radius 3 is 1.84 bits per heavy atom. The second-order valence-electron chi connectivity index (χ2n) is 6.57. The average molecular weight is 465 g/mol. The van der Waals surface area contributed by atoms with Gasteiger partial charge in [0, 0.05) is 24.2 Å². The molecule has 0 fully saturated rings. The summed E-state index contributed by atoms with van der Waals surface area (Å²) in [6.07, 6.45) is -0.976. The van der Waals surface area contributed by atoms with Crippen LogP contribution in [0.1, 0.15) is 36.0 Å². The molecule has 182 valence electrons. The van der Waals surface area contributed by atoms with Crippen molar-refractivity contribution in [2.24, 2.45) is 5.73 Å². The topological polar surface area (TPSA) is 160 Å². The molecule has 32 heavy (non-hydrogen) atoms. The van der Waals surface area contributed by atoms with Gasteiger partial charge in [-0.15, -0.1) is 0 Å². The van der Waals surface area contributed by atoms with Crippen molar-refractivity contribution in [2.45, 2.75) is 31.9 Å². The maximum atomic E-state index is 11.9. The van der Waals surface area contributed by atoms with Gasteiger partial charge >= 0.3 is 12.1 Å². The number of carbonyl (C=O) groups excluding carboxylic acids is 1. The van der Waals surface area contributed by atoms with Gasteiger partial charge in [0.25, 0.3) is 11.6 Å². The van der Waals surface area contributed by atoms with Crippen LogP contribution in [0.3, 0.4) is 0 Å². The minimum absolute atomic E-state index is 0.0182. The van der Waals surface area contributed by atoms with E-state index >= 15 is 0 Å². The third-order valence-corrected chi connectivity index (χ3v) is 3.91. The number of nitro groups is 1. The number of halogens is 3. The summed E-state index contributed by atoms with van der Waals surface area (Å²) < 4.78 is 31.7. The van der Waals surface area contributed by atoms with Gasteiger partial charge in [-0.05, 0) is 70.5 Å². The lowest BCUT2D eigenvalue weighted by molar-refractivity contribution is -0.384. The first kappa shape index (κ1) is 29.2. The summed E-state index contributed by atoms with van der Waals surface area (Å²) in [5.41, 5.74) is 5.83. The Hall–Kier alpha value is -2.77. The molecule has 1 rings (SSSR count). The number of carboxylic acid groups (broad SMARTS) is 1. The van der Waals surface area contributed by atoms with Crippen molar-refractivity contribution in [3.05, 3.63) is 39.9 Å². The number of nitrogens with zero attached hydrogens (tertiary/aromatic N) is 1. The van der Waals surface area contributed by atoms with E-state index in [1.165, 1.54) is 24.3 Å². The van der Waals surface area contributed by atoms with Gasteiger partial charge in [-0.2, -0.15) is 13.2 Å². The first-order chi connectivity index (χ1) is 15.1. The first-order valence-corrected chi connectivity index (χ1v) is 10.0. The van der Waals surface area contributed by atoms with Crippen molar-refractivity contribution in [3.63, 3.8) is 0 Å². The van der Waals surface area contributed by atoms with Gasteiger partial charge < -0.3 is 26.8 Å². The zero-order valence-electron chi connectivity index (χ0n) is 17.6. The molecule has 0 bridgehead atoms. The predicted octanol–water partition coefficient (Wildman–Crippen LogP) is 1.66. The number of unbranched alkanes of at least 4 members (excludes halogenated alkanes) is 1. The van der Waals surface area contributed by atoms with Gasteiger partial charge in [-0.1, -0.05) is 0 Å². The smallest absolute Gasteiger partial charge is 0.475 e. The van der Waals surface area contributed by atoms with E-state index < -0.39 is 17.1 Å². The highest BCUT2D eigenvalue weighted by atomic mass is 19.4. The van der Waals surface area contributed by atoms with Crippen molar-refractivity contribution < 1.29 is 32.8 Å². The Morgan fingerprint density at radius 2 is 1.41 bits per heavy atom. The first-order valence-electron chi connectivity index (χ1n) is 10.0. The molecule has 0 saturated heterocycles. The van der Waals surface area contributed by atoms with Gasteiger partial charge in [0.1, 0.15) is 0 Å². The lowest BCUT2D eigenvalue weighted by Gasteiger charge is -2.07. The van der Waals surface area contributed by atoms with Crippen LogP contribution in [-0.2, 0) is 4.79 Å². The summed E-state index contributed by atoms with van der Waals surface area (Å²) in [5, 5.41) is 27.2. The van der Waals surface area contributed by atoms with Gasteiger partial charge in [0.2, 0.25) is 0 Å². The fourth-order valence-corrected chi connectivity index (χ4v) is 2.23. The summed E-state index contributed by atoms with van der Waals surface area (Å²) in [6, 6.07) is 5.60. The number of benzene rings is 1.